The summed E-state index contributed by atoms with van der Waals surface area (Å²) in [7, 11) is 0. The van der Waals surface area contributed by atoms with Gasteiger partial charge in [-0.25, -0.2) is 22.0 Å². The van der Waals surface area contributed by atoms with E-state index in [4.69, 9.17) is 0 Å². The second kappa shape index (κ2) is 6.31. The summed E-state index contributed by atoms with van der Waals surface area (Å²) in [6.45, 7) is 3.65. The molecule has 2 aromatic rings. The molecule has 0 heterocycles. The number of hydrogen-bond donors (Lipinski definition) is 0. The molecule has 0 amide bonds. The second-order valence-corrected chi connectivity index (χ2v) is 5.83. The Hall–Kier alpha value is -2.12. The minimum absolute atomic E-state index is 0.167. The summed E-state index contributed by atoms with van der Waals surface area (Å²) in [5, 5.41) is 0. The molecule has 0 aliphatic rings. The van der Waals surface area contributed by atoms with Crippen LogP contribution in [0.1, 0.15) is 36.5 Å². The summed E-state index contributed by atoms with van der Waals surface area (Å²) < 4.78 is 109. The molecule has 0 aliphatic heterocycles. The molecule has 0 bridgehead atoms. The van der Waals surface area contributed by atoms with E-state index in [1.165, 1.54) is 13.8 Å². The molecule has 0 N–H and O–H groups in total. The van der Waals surface area contributed by atoms with Crippen LogP contribution in [0.25, 0.3) is 11.1 Å². The maximum Gasteiger partial charge on any atom is 0.419 e. The summed E-state index contributed by atoms with van der Waals surface area (Å²) in [4.78, 5) is 0. The van der Waals surface area contributed by atoms with E-state index in [-0.39, 0.29) is 11.6 Å². The van der Waals surface area contributed by atoms with Crippen LogP contribution in [0.4, 0.5) is 35.1 Å². The van der Waals surface area contributed by atoms with Crippen LogP contribution < -0.4 is 0 Å². The van der Waals surface area contributed by atoms with E-state index in [2.05, 4.69) is 0 Å². The summed E-state index contributed by atoms with van der Waals surface area (Å²) in [5.41, 5.74) is -4.99. The highest BCUT2D eigenvalue weighted by Crippen LogP contribution is 2.41. The molecule has 0 spiro atoms. The van der Waals surface area contributed by atoms with Gasteiger partial charge < -0.3 is 0 Å². The maximum atomic E-state index is 14.2. The Morgan fingerprint density at radius 2 is 1.28 bits per heavy atom. The Balaban J connectivity index is 2.97. The largest absolute Gasteiger partial charge is 0.419 e. The average molecular weight is 368 g/mol. The molecule has 0 radical (unpaired) electrons. The van der Waals surface area contributed by atoms with E-state index < -0.39 is 63.4 Å². The molecule has 8 heteroatoms. The van der Waals surface area contributed by atoms with Crippen LogP contribution in [0.5, 0.6) is 0 Å². The highest BCUT2D eigenvalue weighted by Gasteiger charge is 2.36. The van der Waals surface area contributed by atoms with Gasteiger partial charge in [-0.15, -0.1) is 0 Å². The van der Waals surface area contributed by atoms with Gasteiger partial charge in [-0.05, 0) is 36.1 Å². The lowest BCUT2D eigenvalue weighted by atomic mass is 9.89. The lowest BCUT2D eigenvalue weighted by Gasteiger charge is -2.19. The molecular weight excluding hydrogens is 356 g/mol. The molecule has 0 unspecified atom stereocenters. The predicted octanol–water partition coefficient (Wildman–Crippen LogP) is 6.50. The van der Waals surface area contributed by atoms with Gasteiger partial charge in [-0.2, -0.15) is 13.2 Å². The van der Waals surface area contributed by atoms with Crippen molar-refractivity contribution < 1.29 is 35.1 Å². The van der Waals surface area contributed by atoms with Crippen LogP contribution >= 0.6 is 0 Å². The summed E-state index contributed by atoms with van der Waals surface area (Å²) in [6.07, 6.45) is -5.15. The Kier molecular flexibility index (Phi) is 4.85. The summed E-state index contributed by atoms with van der Waals surface area (Å²) >= 11 is 0. The molecule has 0 saturated carbocycles. The first-order chi connectivity index (χ1) is 11.4. The van der Waals surface area contributed by atoms with Gasteiger partial charge in [-0.1, -0.05) is 13.8 Å². The van der Waals surface area contributed by atoms with E-state index in [9.17, 15) is 35.1 Å². The van der Waals surface area contributed by atoms with Crippen LogP contribution in [-0.4, -0.2) is 0 Å². The zero-order chi connectivity index (χ0) is 19.3. The zero-order valence-electron chi connectivity index (χ0n) is 13.3. The molecule has 25 heavy (non-hydrogen) atoms. The molecule has 2 aromatic carbocycles. The van der Waals surface area contributed by atoms with Gasteiger partial charge in [0, 0.05) is 5.56 Å². The van der Waals surface area contributed by atoms with Crippen molar-refractivity contribution in [2.45, 2.75) is 32.9 Å². The fraction of sp³-hybridized carbons (Fsp3) is 0.294. The van der Waals surface area contributed by atoms with Crippen LogP contribution in [0, 0.1) is 36.0 Å². The van der Waals surface area contributed by atoms with Crippen molar-refractivity contribution in [2.24, 2.45) is 0 Å². The standard InChI is InChI=1S/C17H12F8/c1-6(2)8-5-11(18)10(17(23,24)25)4-9(8)12-15(21)13(19)7(3)14(20)16(12)22/h4-6H,1-3H3. The molecule has 0 fully saturated rings. The van der Waals surface area contributed by atoms with Gasteiger partial charge in [0.05, 0.1) is 11.1 Å². The molecule has 0 aromatic heterocycles. The van der Waals surface area contributed by atoms with Gasteiger partial charge in [0.15, 0.2) is 23.3 Å². The van der Waals surface area contributed by atoms with Crippen molar-refractivity contribution in [1.82, 2.24) is 0 Å². The van der Waals surface area contributed by atoms with Gasteiger partial charge in [0.1, 0.15) is 5.82 Å². The number of rotatable bonds is 2. The van der Waals surface area contributed by atoms with Crippen molar-refractivity contribution in [1.29, 1.82) is 0 Å². The minimum Gasteiger partial charge on any atom is -0.206 e. The first-order valence-corrected chi connectivity index (χ1v) is 7.11. The molecule has 0 atom stereocenters. The smallest absolute Gasteiger partial charge is 0.206 e. The van der Waals surface area contributed by atoms with E-state index in [1.807, 2.05) is 0 Å². The lowest BCUT2D eigenvalue weighted by Crippen LogP contribution is -2.11. The third-order valence-electron chi connectivity index (χ3n) is 3.82. The van der Waals surface area contributed by atoms with E-state index in [0.717, 1.165) is 6.92 Å². The van der Waals surface area contributed by atoms with Crippen LogP contribution in [0.15, 0.2) is 12.1 Å². The van der Waals surface area contributed by atoms with Crippen molar-refractivity contribution in [3.05, 3.63) is 57.9 Å². The normalized spacial score (nSPS) is 12.2. The van der Waals surface area contributed by atoms with Crippen molar-refractivity contribution in [2.75, 3.05) is 0 Å². The Morgan fingerprint density at radius 3 is 1.68 bits per heavy atom. The van der Waals surface area contributed by atoms with Crippen molar-refractivity contribution in [3.63, 3.8) is 0 Å². The van der Waals surface area contributed by atoms with Gasteiger partial charge in [0.2, 0.25) is 0 Å². The lowest BCUT2D eigenvalue weighted by molar-refractivity contribution is -0.139. The van der Waals surface area contributed by atoms with Crippen LogP contribution in [0.2, 0.25) is 0 Å². The molecule has 0 saturated heterocycles. The SMILES string of the molecule is Cc1c(F)c(F)c(-c2cc(C(F)(F)F)c(F)cc2C(C)C)c(F)c1F. The van der Waals surface area contributed by atoms with E-state index in [0.29, 0.717) is 6.07 Å². The molecule has 0 aliphatic carbocycles. The fourth-order valence-corrected chi connectivity index (χ4v) is 2.48. The van der Waals surface area contributed by atoms with Crippen molar-refractivity contribution >= 4 is 0 Å². The summed E-state index contributed by atoms with van der Waals surface area (Å²) in [5.74, 6) is -9.43. The topological polar surface area (TPSA) is 0 Å². The zero-order valence-corrected chi connectivity index (χ0v) is 13.3. The second-order valence-electron chi connectivity index (χ2n) is 5.83. The highest BCUT2D eigenvalue weighted by molar-refractivity contribution is 5.71. The first-order valence-electron chi connectivity index (χ1n) is 7.11. The summed E-state index contributed by atoms with van der Waals surface area (Å²) in [6, 6.07) is 0.637. The first kappa shape index (κ1) is 19.2. The van der Waals surface area contributed by atoms with Gasteiger partial charge in [0.25, 0.3) is 0 Å². The Bertz CT molecular complexity index is 805. The van der Waals surface area contributed by atoms with Crippen LogP contribution in [-0.2, 0) is 6.18 Å². The van der Waals surface area contributed by atoms with E-state index >= 15 is 0 Å². The number of halogens is 8. The quantitative estimate of drug-likeness (QED) is 0.419. The third kappa shape index (κ3) is 3.21. The predicted molar refractivity (Wildman–Crippen MR) is 75.5 cm³/mol. The van der Waals surface area contributed by atoms with Gasteiger partial charge in [-0.3, -0.25) is 0 Å². The van der Waals surface area contributed by atoms with Crippen LogP contribution in [0.3, 0.4) is 0 Å². The Labute approximate surface area is 138 Å². The molecule has 2 rings (SSSR count). The molecular formula is C17H12F8. The Morgan fingerprint density at radius 1 is 0.800 bits per heavy atom. The van der Waals surface area contributed by atoms with Crippen molar-refractivity contribution in [3.8, 4) is 11.1 Å². The number of alkyl halides is 3. The number of hydrogen-bond acceptors (Lipinski definition) is 0. The van der Waals surface area contributed by atoms with Gasteiger partial charge >= 0.3 is 6.18 Å². The fourth-order valence-electron chi connectivity index (χ4n) is 2.48. The molecule has 0 nitrogen and oxygen atoms in total. The minimum atomic E-state index is -5.15. The highest BCUT2D eigenvalue weighted by atomic mass is 19.4. The average Bonchev–Trinajstić information content (AvgIpc) is 2.50. The molecule has 136 valence electrons. The maximum absolute atomic E-state index is 14.2. The van der Waals surface area contributed by atoms with E-state index in [1.54, 1.807) is 0 Å². The monoisotopic (exact) mass is 368 g/mol. The number of benzene rings is 2. The third-order valence-corrected chi connectivity index (χ3v) is 3.82.